The molecule has 2 aromatic heterocycles. The van der Waals surface area contributed by atoms with Crippen molar-refractivity contribution in [3.05, 3.63) is 18.5 Å². The van der Waals surface area contributed by atoms with Gasteiger partial charge in [-0.15, -0.1) is 5.10 Å². The standard InChI is InChI=1S/C7H8N6O2S/c14-6(15)2-16-7-10-5(11-12-7)1-13-4-8-3-9-13/h3-4H,1-2H2,(H,14,15)(H,10,11,12). The molecule has 0 atom stereocenters. The fourth-order valence-electron chi connectivity index (χ4n) is 1.01. The fraction of sp³-hybridized carbons (Fsp3) is 0.286. The van der Waals surface area contributed by atoms with E-state index >= 15 is 0 Å². The van der Waals surface area contributed by atoms with E-state index in [0.29, 0.717) is 17.5 Å². The Morgan fingerprint density at radius 2 is 2.50 bits per heavy atom. The summed E-state index contributed by atoms with van der Waals surface area (Å²) in [7, 11) is 0. The highest BCUT2D eigenvalue weighted by Gasteiger charge is 2.06. The third-order valence-corrected chi connectivity index (χ3v) is 2.45. The van der Waals surface area contributed by atoms with Gasteiger partial charge in [-0.1, -0.05) is 11.8 Å². The van der Waals surface area contributed by atoms with E-state index in [1.807, 2.05) is 0 Å². The van der Waals surface area contributed by atoms with E-state index in [4.69, 9.17) is 5.11 Å². The summed E-state index contributed by atoms with van der Waals surface area (Å²) in [6.45, 7) is 0.431. The number of nitrogens with one attached hydrogen (secondary N) is 1. The van der Waals surface area contributed by atoms with Crippen LogP contribution in [0.4, 0.5) is 0 Å². The molecule has 0 aromatic carbocycles. The third kappa shape index (κ3) is 2.79. The van der Waals surface area contributed by atoms with Crippen molar-refractivity contribution in [1.82, 2.24) is 29.9 Å². The molecule has 0 saturated carbocycles. The van der Waals surface area contributed by atoms with E-state index in [0.717, 1.165) is 11.8 Å². The average molecular weight is 240 g/mol. The summed E-state index contributed by atoms with van der Waals surface area (Å²) in [5.41, 5.74) is 0. The lowest BCUT2D eigenvalue weighted by atomic mass is 10.6. The van der Waals surface area contributed by atoms with Gasteiger partial charge in [0.25, 0.3) is 0 Å². The zero-order valence-corrected chi connectivity index (χ0v) is 8.89. The summed E-state index contributed by atoms with van der Waals surface area (Å²) in [6, 6.07) is 0. The van der Waals surface area contributed by atoms with Crippen LogP contribution in [0.25, 0.3) is 0 Å². The number of hydrogen-bond acceptors (Lipinski definition) is 6. The van der Waals surface area contributed by atoms with Gasteiger partial charge in [-0.2, -0.15) is 5.10 Å². The van der Waals surface area contributed by atoms with Crippen molar-refractivity contribution in [1.29, 1.82) is 0 Å². The normalized spacial score (nSPS) is 10.5. The Labute approximate surface area is 94.1 Å². The molecule has 0 aliphatic heterocycles. The highest BCUT2D eigenvalue weighted by molar-refractivity contribution is 7.99. The van der Waals surface area contributed by atoms with Crippen LogP contribution >= 0.6 is 11.8 Å². The lowest BCUT2D eigenvalue weighted by Gasteiger charge is -1.93. The number of nitrogens with zero attached hydrogens (tertiary/aromatic N) is 5. The summed E-state index contributed by atoms with van der Waals surface area (Å²) >= 11 is 1.06. The van der Waals surface area contributed by atoms with Crippen molar-refractivity contribution >= 4 is 17.7 Å². The molecule has 9 heteroatoms. The van der Waals surface area contributed by atoms with Gasteiger partial charge in [-0.3, -0.25) is 9.89 Å². The number of thioether (sulfide) groups is 1. The molecule has 2 N–H and O–H groups in total. The fourth-order valence-corrected chi connectivity index (χ4v) is 1.54. The molecule has 16 heavy (non-hydrogen) atoms. The second-order valence-corrected chi connectivity index (χ2v) is 3.78. The van der Waals surface area contributed by atoms with Crippen LogP contribution in [0.3, 0.4) is 0 Å². The molecule has 84 valence electrons. The Morgan fingerprint density at radius 3 is 3.19 bits per heavy atom. The number of rotatable bonds is 5. The predicted octanol–water partition coefficient (Wildman–Crippen LogP) is -0.379. The number of aliphatic carboxylic acids is 1. The number of carboxylic acids is 1. The quantitative estimate of drug-likeness (QED) is 0.685. The van der Waals surface area contributed by atoms with E-state index in [-0.39, 0.29) is 5.75 Å². The highest BCUT2D eigenvalue weighted by Crippen LogP contribution is 2.11. The second-order valence-electron chi connectivity index (χ2n) is 2.84. The molecule has 0 aliphatic rings. The topological polar surface area (TPSA) is 110 Å². The Balaban J connectivity index is 1.94. The minimum Gasteiger partial charge on any atom is -0.481 e. The number of aromatic nitrogens is 6. The number of H-pyrrole nitrogens is 1. The van der Waals surface area contributed by atoms with Crippen molar-refractivity contribution in [2.75, 3.05) is 5.75 Å². The molecule has 0 spiro atoms. The smallest absolute Gasteiger partial charge is 0.313 e. The summed E-state index contributed by atoms with van der Waals surface area (Å²) in [5.74, 6) is -0.341. The van der Waals surface area contributed by atoms with Crippen LogP contribution in [-0.2, 0) is 11.3 Å². The number of carboxylic acid groups (broad SMARTS) is 1. The molecule has 0 unspecified atom stereocenters. The molecule has 8 nitrogen and oxygen atoms in total. The number of carbonyl (C=O) groups is 1. The largest absolute Gasteiger partial charge is 0.481 e. The Morgan fingerprint density at radius 1 is 1.62 bits per heavy atom. The van der Waals surface area contributed by atoms with E-state index < -0.39 is 5.97 Å². The molecule has 2 heterocycles. The Bertz CT molecular complexity index is 467. The molecule has 0 bridgehead atoms. The average Bonchev–Trinajstić information content (AvgIpc) is 2.87. The predicted molar refractivity (Wildman–Crippen MR) is 53.9 cm³/mol. The van der Waals surface area contributed by atoms with Gasteiger partial charge in [-0.25, -0.2) is 14.6 Å². The molecule has 0 fully saturated rings. The van der Waals surface area contributed by atoms with E-state index in [1.165, 1.54) is 6.33 Å². The first-order valence-corrected chi connectivity index (χ1v) is 5.31. The van der Waals surface area contributed by atoms with Gasteiger partial charge in [0.1, 0.15) is 25.0 Å². The number of hydrogen-bond donors (Lipinski definition) is 2. The van der Waals surface area contributed by atoms with Gasteiger partial charge in [0.15, 0.2) is 0 Å². The molecule has 0 radical (unpaired) electrons. The maximum absolute atomic E-state index is 10.3. The van der Waals surface area contributed by atoms with Crippen molar-refractivity contribution in [2.45, 2.75) is 11.7 Å². The van der Waals surface area contributed by atoms with Crippen LogP contribution in [0, 0.1) is 0 Å². The minimum atomic E-state index is -0.896. The summed E-state index contributed by atoms with van der Waals surface area (Å²) in [5, 5.41) is 19.4. The SMILES string of the molecule is O=C(O)CSc1n[nH]c(Cn2cncn2)n1. The summed E-state index contributed by atoms with van der Waals surface area (Å²) < 4.78 is 1.59. The molecule has 0 aliphatic carbocycles. The first-order chi connectivity index (χ1) is 7.74. The highest BCUT2D eigenvalue weighted by atomic mass is 32.2. The second kappa shape index (κ2) is 4.75. The van der Waals surface area contributed by atoms with Crippen LogP contribution in [-0.4, -0.2) is 46.8 Å². The maximum Gasteiger partial charge on any atom is 0.313 e. The molecule has 2 rings (SSSR count). The van der Waals surface area contributed by atoms with Crippen molar-refractivity contribution < 1.29 is 9.90 Å². The van der Waals surface area contributed by atoms with E-state index in [1.54, 1.807) is 11.0 Å². The van der Waals surface area contributed by atoms with E-state index in [2.05, 4.69) is 25.3 Å². The van der Waals surface area contributed by atoms with Crippen LogP contribution in [0.15, 0.2) is 17.8 Å². The van der Waals surface area contributed by atoms with Gasteiger partial charge in [0, 0.05) is 0 Å². The molecule has 0 amide bonds. The molecular formula is C7H8N6O2S. The first-order valence-electron chi connectivity index (χ1n) is 4.32. The van der Waals surface area contributed by atoms with Crippen LogP contribution < -0.4 is 0 Å². The van der Waals surface area contributed by atoms with Crippen LogP contribution in [0.2, 0.25) is 0 Å². The monoisotopic (exact) mass is 240 g/mol. The first kappa shape index (κ1) is 10.6. The lowest BCUT2D eigenvalue weighted by molar-refractivity contribution is -0.133. The molecular weight excluding hydrogens is 232 g/mol. The van der Waals surface area contributed by atoms with Gasteiger partial charge >= 0.3 is 5.97 Å². The third-order valence-electron chi connectivity index (χ3n) is 1.61. The maximum atomic E-state index is 10.3. The van der Waals surface area contributed by atoms with Crippen molar-refractivity contribution in [3.8, 4) is 0 Å². The zero-order chi connectivity index (χ0) is 11.4. The Hall–Kier alpha value is -1.90. The zero-order valence-electron chi connectivity index (χ0n) is 8.07. The lowest BCUT2D eigenvalue weighted by Crippen LogP contribution is -2.01. The summed E-state index contributed by atoms with van der Waals surface area (Å²) in [6.07, 6.45) is 2.99. The van der Waals surface area contributed by atoms with Crippen molar-refractivity contribution in [2.24, 2.45) is 0 Å². The number of aromatic amines is 1. The molecule has 2 aromatic rings. The van der Waals surface area contributed by atoms with Gasteiger partial charge in [0.2, 0.25) is 5.16 Å². The van der Waals surface area contributed by atoms with Crippen molar-refractivity contribution in [3.63, 3.8) is 0 Å². The Kier molecular flexibility index (Phi) is 3.15. The van der Waals surface area contributed by atoms with Crippen LogP contribution in [0.1, 0.15) is 5.82 Å². The van der Waals surface area contributed by atoms with Crippen LogP contribution in [0.5, 0.6) is 0 Å². The van der Waals surface area contributed by atoms with E-state index in [9.17, 15) is 4.79 Å². The minimum absolute atomic E-state index is 0.0549. The van der Waals surface area contributed by atoms with Gasteiger partial charge < -0.3 is 5.11 Å². The van der Waals surface area contributed by atoms with Gasteiger partial charge in [0.05, 0.1) is 5.75 Å². The van der Waals surface area contributed by atoms with Gasteiger partial charge in [-0.05, 0) is 0 Å². The summed E-state index contributed by atoms with van der Waals surface area (Å²) in [4.78, 5) is 18.2. The molecule has 0 saturated heterocycles.